The Morgan fingerprint density at radius 1 is 1.30 bits per heavy atom. The van der Waals surface area contributed by atoms with Gasteiger partial charge in [0.1, 0.15) is 11.5 Å². The van der Waals surface area contributed by atoms with E-state index in [9.17, 15) is 14.0 Å². The highest BCUT2D eigenvalue weighted by atomic mass is 19.1. The minimum Gasteiger partial charge on any atom is -0.343 e. The van der Waals surface area contributed by atoms with E-state index in [0.717, 1.165) is 0 Å². The first-order valence-corrected chi connectivity index (χ1v) is 6.50. The number of fused-ring (bicyclic) bond motifs is 1. The van der Waals surface area contributed by atoms with E-state index in [1.54, 1.807) is 20.2 Å². The second kappa shape index (κ2) is 5.45. The zero-order chi connectivity index (χ0) is 14.9. The summed E-state index contributed by atoms with van der Waals surface area (Å²) < 4.78 is 14.7. The molecule has 0 atom stereocenters. The van der Waals surface area contributed by atoms with Crippen molar-refractivity contribution in [3.8, 4) is 0 Å². The summed E-state index contributed by atoms with van der Waals surface area (Å²) in [5.74, 6) is -0.689. The molecule has 0 N–H and O–H groups in total. The standard InChI is InChI=1S/C15H17FN2O2/c1-4-7-18-13(15(20)17(2)3)8-10-5-6-11(16)9-12(10)14(18)19/h5-6,8-9H,4,7H2,1-3H3. The van der Waals surface area contributed by atoms with E-state index >= 15 is 0 Å². The molecule has 0 bridgehead atoms. The largest absolute Gasteiger partial charge is 0.343 e. The van der Waals surface area contributed by atoms with Crippen LogP contribution in [0.15, 0.2) is 29.1 Å². The van der Waals surface area contributed by atoms with E-state index < -0.39 is 5.82 Å². The third-order valence-electron chi connectivity index (χ3n) is 3.15. The van der Waals surface area contributed by atoms with E-state index in [2.05, 4.69) is 0 Å². The van der Waals surface area contributed by atoms with Crippen LogP contribution >= 0.6 is 0 Å². The number of rotatable bonds is 3. The lowest BCUT2D eigenvalue weighted by atomic mass is 10.1. The van der Waals surface area contributed by atoms with Gasteiger partial charge in [-0.1, -0.05) is 13.0 Å². The van der Waals surface area contributed by atoms with Crippen molar-refractivity contribution in [2.24, 2.45) is 0 Å². The van der Waals surface area contributed by atoms with Gasteiger partial charge in [0, 0.05) is 20.6 Å². The van der Waals surface area contributed by atoms with Crippen LogP contribution in [0.3, 0.4) is 0 Å². The van der Waals surface area contributed by atoms with Gasteiger partial charge in [-0.15, -0.1) is 0 Å². The summed E-state index contributed by atoms with van der Waals surface area (Å²) in [6.07, 6.45) is 0.717. The first-order valence-electron chi connectivity index (χ1n) is 6.50. The molecule has 0 fully saturated rings. The van der Waals surface area contributed by atoms with Crippen LogP contribution in [0.5, 0.6) is 0 Å². The van der Waals surface area contributed by atoms with Crippen molar-refractivity contribution < 1.29 is 9.18 Å². The molecule has 106 valence electrons. The van der Waals surface area contributed by atoms with E-state index in [0.29, 0.717) is 29.4 Å². The van der Waals surface area contributed by atoms with Crippen molar-refractivity contribution in [3.05, 3.63) is 46.1 Å². The number of amides is 1. The molecule has 4 nitrogen and oxygen atoms in total. The molecular formula is C15H17FN2O2. The smallest absolute Gasteiger partial charge is 0.270 e. The highest BCUT2D eigenvalue weighted by Gasteiger charge is 2.16. The number of pyridine rings is 1. The molecule has 20 heavy (non-hydrogen) atoms. The van der Waals surface area contributed by atoms with Gasteiger partial charge in [0.25, 0.3) is 11.5 Å². The van der Waals surface area contributed by atoms with E-state index in [4.69, 9.17) is 0 Å². The van der Waals surface area contributed by atoms with Gasteiger partial charge in [-0.25, -0.2) is 4.39 Å². The molecule has 0 aliphatic rings. The number of aromatic nitrogens is 1. The number of carbonyl (C=O) groups is 1. The minimum absolute atomic E-state index is 0.234. The Bertz CT molecular complexity index is 720. The van der Waals surface area contributed by atoms with Crippen LogP contribution in [0, 0.1) is 5.82 Å². The fourth-order valence-corrected chi connectivity index (χ4v) is 2.17. The van der Waals surface area contributed by atoms with Gasteiger partial charge in [0.2, 0.25) is 0 Å². The maximum Gasteiger partial charge on any atom is 0.270 e. The molecule has 0 radical (unpaired) electrons. The molecule has 0 aliphatic heterocycles. The predicted molar refractivity (Wildman–Crippen MR) is 76.5 cm³/mol. The van der Waals surface area contributed by atoms with Crippen molar-refractivity contribution in [2.75, 3.05) is 14.1 Å². The van der Waals surface area contributed by atoms with Gasteiger partial charge in [0.05, 0.1) is 5.39 Å². The summed E-state index contributed by atoms with van der Waals surface area (Å²) in [4.78, 5) is 26.1. The molecule has 2 aromatic rings. The molecular weight excluding hydrogens is 259 g/mol. The van der Waals surface area contributed by atoms with Gasteiger partial charge in [-0.3, -0.25) is 9.59 Å². The third kappa shape index (κ3) is 2.43. The average Bonchev–Trinajstić information content (AvgIpc) is 2.41. The van der Waals surface area contributed by atoms with Gasteiger partial charge >= 0.3 is 0 Å². The second-order valence-electron chi connectivity index (χ2n) is 4.92. The lowest BCUT2D eigenvalue weighted by molar-refractivity contribution is 0.0815. The number of carbonyl (C=O) groups excluding carboxylic acids is 1. The van der Waals surface area contributed by atoms with Crippen LogP contribution in [0.4, 0.5) is 4.39 Å². The molecule has 0 saturated carbocycles. The topological polar surface area (TPSA) is 42.3 Å². The highest BCUT2D eigenvalue weighted by molar-refractivity contribution is 5.96. The summed E-state index contributed by atoms with van der Waals surface area (Å²) in [7, 11) is 3.27. The van der Waals surface area contributed by atoms with Gasteiger partial charge < -0.3 is 9.47 Å². The average molecular weight is 276 g/mol. The number of halogens is 1. The van der Waals surface area contributed by atoms with Crippen LogP contribution in [0.1, 0.15) is 23.8 Å². The van der Waals surface area contributed by atoms with Crippen molar-refractivity contribution in [3.63, 3.8) is 0 Å². The zero-order valence-corrected chi connectivity index (χ0v) is 11.8. The van der Waals surface area contributed by atoms with E-state index in [1.165, 1.54) is 27.7 Å². The maximum absolute atomic E-state index is 13.3. The summed E-state index contributed by atoms with van der Waals surface area (Å²) in [6, 6.07) is 5.67. The molecule has 0 aliphatic carbocycles. The maximum atomic E-state index is 13.3. The van der Waals surface area contributed by atoms with Crippen LogP contribution in [-0.2, 0) is 6.54 Å². The quantitative estimate of drug-likeness (QED) is 0.863. The molecule has 0 saturated heterocycles. The second-order valence-corrected chi connectivity index (χ2v) is 4.92. The lowest BCUT2D eigenvalue weighted by Gasteiger charge is -2.16. The molecule has 1 aromatic heterocycles. The number of hydrogen-bond acceptors (Lipinski definition) is 2. The molecule has 2 rings (SSSR count). The summed E-state index contributed by atoms with van der Waals surface area (Å²) in [6.45, 7) is 2.35. The van der Waals surface area contributed by atoms with Crippen LogP contribution in [-0.4, -0.2) is 29.5 Å². The van der Waals surface area contributed by atoms with Crippen molar-refractivity contribution in [1.29, 1.82) is 0 Å². The molecule has 0 spiro atoms. The van der Waals surface area contributed by atoms with Crippen LogP contribution < -0.4 is 5.56 Å². The summed E-state index contributed by atoms with van der Waals surface area (Å²) in [5, 5.41) is 0.878. The molecule has 0 unspecified atom stereocenters. The fraction of sp³-hybridized carbons (Fsp3) is 0.333. The molecule has 1 aromatic carbocycles. The Labute approximate surface area is 116 Å². The minimum atomic E-state index is -0.454. The third-order valence-corrected chi connectivity index (χ3v) is 3.15. The normalized spacial score (nSPS) is 10.8. The predicted octanol–water partition coefficient (Wildman–Crippen LogP) is 2.25. The Hall–Kier alpha value is -2.17. The number of hydrogen-bond donors (Lipinski definition) is 0. The lowest BCUT2D eigenvalue weighted by Crippen LogP contribution is -2.31. The van der Waals surface area contributed by atoms with Gasteiger partial charge in [-0.05, 0) is 30.0 Å². The Kier molecular flexibility index (Phi) is 3.88. The van der Waals surface area contributed by atoms with Gasteiger partial charge in [-0.2, -0.15) is 0 Å². The fourth-order valence-electron chi connectivity index (χ4n) is 2.17. The monoisotopic (exact) mass is 276 g/mol. The molecule has 5 heteroatoms. The van der Waals surface area contributed by atoms with E-state index in [1.807, 2.05) is 6.92 Å². The number of nitrogens with zero attached hydrogens (tertiary/aromatic N) is 2. The van der Waals surface area contributed by atoms with Crippen LogP contribution in [0.2, 0.25) is 0 Å². The Morgan fingerprint density at radius 2 is 2.00 bits per heavy atom. The summed E-state index contributed by atoms with van der Waals surface area (Å²) in [5.41, 5.74) is 0.00927. The van der Waals surface area contributed by atoms with Crippen molar-refractivity contribution in [2.45, 2.75) is 19.9 Å². The SMILES string of the molecule is CCCn1c(C(=O)N(C)C)cc2ccc(F)cc2c1=O. The Morgan fingerprint density at radius 3 is 2.60 bits per heavy atom. The first-order chi connectivity index (χ1) is 9.45. The number of benzene rings is 1. The van der Waals surface area contributed by atoms with E-state index in [-0.39, 0.29) is 11.5 Å². The summed E-state index contributed by atoms with van der Waals surface area (Å²) >= 11 is 0. The van der Waals surface area contributed by atoms with Crippen molar-refractivity contribution in [1.82, 2.24) is 9.47 Å². The molecule has 1 amide bonds. The van der Waals surface area contributed by atoms with Crippen LogP contribution in [0.25, 0.3) is 10.8 Å². The first kappa shape index (κ1) is 14.2. The highest BCUT2D eigenvalue weighted by Crippen LogP contribution is 2.15. The molecule has 1 heterocycles. The van der Waals surface area contributed by atoms with Gasteiger partial charge in [0.15, 0.2) is 0 Å². The zero-order valence-electron chi connectivity index (χ0n) is 11.8. The Balaban J connectivity index is 2.80. The van der Waals surface area contributed by atoms with Crippen molar-refractivity contribution >= 4 is 16.7 Å².